The molecule has 0 bridgehead atoms. The van der Waals surface area contributed by atoms with E-state index in [1.807, 2.05) is 42.6 Å². The summed E-state index contributed by atoms with van der Waals surface area (Å²) in [6.07, 6.45) is 1.97. The quantitative estimate of drug-likeness (QED) is 0.699. The zero-order valence-electron chi connectivity index (χ0n) is 10.8. The van der Waals surface area contributed by atoms with Crippen molar-refractivity contribution in [3.63, 3.8) is 0 Å². The first-order valence-corrected chi connectivity index (χ1v) is 6.27. The minimum Gasteiger partial charge on any atom is -0.489 e. The van der Waals surface area contributed by atoms with E-state index in [1.54, 1.807) is 0 Å². The van der Waals surface area contributed by atoms with E-state index in [-0.39, 0.29) is 0 Å². The summed E-state index contributed by atoms with van der Waals surface area (Å²) >= 11 is 0. The second-order valence-electron chi connectivity index (χ2n) is 4.72. The summed E-state index contributed by atoms with van der Waals surface area (Å²) in [5.41, 5.74) is 9.91. The van der Waals surface area contributed by atoms with Gasteiger partial charge in [0, 0.05) is 28.4 Å². The van der Waals surface area contributed by atoms with Crippen molar-refractivity contribution in [2.45, 2.75) is 13.5 Å². The standard InChI is InChI=1S/C16H16N2O/c1-11-3-2-4-14(7-11)19-10-12-9-18-16-8-13(17)5-6-15(12)16/h2-9,18H,10,17H2,1H3. The largest absolute Gasteiger partial charge is 0.489 e. The molecule has 0 unspecified atom stereocenters. The van der Waals surface area contributed by atoms with Crippen LogP contribution in [0.4, 0.5) is 5.69 Å². The second-order valence-corrected chi connectivity index (χ2v) is 4.72. The van der Waals surface area contributed by atoms with Crippen LogP contribution < -0.4 is 10.5 Å². The summed E-state index contributed by atoms with van der Waals surface area (Å²) < 4.78 is 5.82. The minimum atomic E-state index is 0.549. The van der Waals surface area contributed by atoms with Gasteiger partial charge in [-0.2, -0.15) is 0 Å². The van der Waals surface area contributed by atoms with E-state index in [1.165, 1.54) is 5.56 Å². The van der Waals surface area contributed by atoms with Crippen LogP contribution in [-0.4, -0.2) is 4.98 Å². The number of ether oxygens (including phenoxy) is 1. The molecule has 2 aromatic carbocycles. The van der Waals surface area contributed by atoms with E-state index in [2.05, 4.69) is 18.0 Å². The maximum atomic E-state index is 5.82. The molecule has 0 saturated carbocycles. The van der Waals surface area contributed by atoms with Crippen molar-refractivity contribution >= 4 is 16.6 Å². The van der Waals surface area contributed by atoms with Crippen LogP contribution in [0.3, 0.4) is 0 Å². The Balaban J connectivity index is 1.82. The molecule has 1 aromatic heterocycles. The van der Waals surface area contributed by atoms with Crippen LogP contribution in [0.1, 0.15) is 11.1 Å². The number of nitrogen functional groups attached to an aromatic ring is 1. The van der Waals surface area contributed by atoms with Crippen molar-refractivity contribution < 1.29 is 4.74 Å². The second kappa shape index (κ2) is 4.69. The van der Waals surface area contributed by atoms with Crippen molar-refractivity contribution in [3.05, 3.63) is 59.8 Å². The Hall–Kier alpha value is -2.42. The van der Waals surface area contributed by atoms with E-state index in [0.717, 1.165) is 27.9 Å². The first kappa shape index (κ1) is 11.7. The first-order chi connectivity index (χ1) is 9.22. The maximum Gasteiger partial charge on any atom is 0.120 e. The highest BCUT2D eigenvalue weighted by Crippen LogP contribution is 2.22. The fraction of sp³-hybridized carbons (Fsp3) is 0.125. The van der Waals surface area contributed by atoms with Gasteiger partial charge in [-0.15, -0.1) is 0 Å². The molecule has 0 saturated heterocycles. The third-order valence-electron chi connectivity index (χ3n) is 3.18. The molecule has 0 atom stereocenters. The SMILES string of the molecule is Cc1cccc(OCc2c[nH]c3cc(N)ccc23)c1. The van der Waals surface area contributed by atoms with Crippen LogP contribution in [0.15, 0.2) is 48.7 Å². The van der Waals surface area contributed by atoms with Crippen LogP contribution in [-0.2, 0) is 6.61 Å². The summed E-state index contributed by atoms with van der Waals surface area (Å²) in [5.74, 6) is 0.893. The van der Waals surface area contributed by atoms with Gasteiger partial charge in [0.2, 0.25) is 0 Å². The maximum absolute atomic E-state index is 5.82. The summed E-state index contributed by atoms with van der Waals surface area (Å²) in [5, 5.41) is 1.15. The fourth-order valence-electron chi connectivity index (χ4n) is 2.19. The molecule has 3 rings (SSSR count). The fourth-order valence-corrected chi connectivity index (χ4v) is 2.19. The van der Waals surface area contributed by atoms with Crippen LogP contribution in [0.2, 0.25) is 0 Å². The molecule has 0 aliphatic carbocycles. The van der Waals surface area contributed by atoms with Crippen LogP contribution in [0, 0.1) is 6.92 Å². The van der Waals surface area contributed by atoms with Crippen LogP contribution in [0.5, 0.6) is 5.75 Å². The number of rotatable bonds is 3. The van der Waals surface area contributed by atoms with Crippen molar-refractivity contribution in [1.29, 1.82) is 0 Å². The molecular formula is C16H16N2O. The molecule has 3 N–H and O–H groups in total. The van der Waals surface area contributed by atoms with Crippen molar-refractivity contribution in [2.75, 3.05) is 5.73 Å². The molecule has 0 aliphatic heterocycles. The summed E-state index contributed by atoms with van der Waals surface area (Å²) in [7, 11) is 0. The van der Waals surface area contributed by atoms with Gasteiger partial charge in [0.05, 0.1) is 0 Å². The predicted molar refractivity (Wildman–Crippen MR) is 78.2 cm³/mol. The molecule has 96 valence electrons. The number of aryl methyl sites for hydroxylation is 1. The number of anilines is 1. The number of fused-ring (bicyclic) bond motifs is 1. The lowest BCUT2D eigenvalue weighted by atomic mass is 10.1. The lowest BCUT2D eigenvalue weighted by Gasteiger charge is -2.06. The summed E-state index contributed by atoms with van der Waals surface area (Å²) in [6.45, 7) is 2.61. The van der Waals surface area contributed by atoms with Crippen molar-refractivity contribution in [1.82, 2.24) is 4.98 Å². The third kappa shape index (κ3) is 2.40. The number of aromatic amines is 1. The molecule has 3 aromatic rings. The molecule has 3 heteroatoms. The number of benzene rings is 2. The smallest absolute Gasteiger partial charge is 0.120 e. The molecule has 0 amide bonds. The van der Waals surface area contributed by atoms with E-state index in [9.17, 15) is 0 Å². The molecule has 3 nitrogen and oxygen atoms in total. The van der Waals surface area contributed by atoms with Gasteiger partial charge >= 0.3 is 0 Å². The molecule has 0 radical (unpaired) electrons. The zero-order valence-corrected chi connectivity index (χ0v) is 10.8. The Bertz CT molecular complexity index is 716. The van der Waals surface area contributed by atoms with Crippen molar-refractivity contribution in [3.8, 4) is 5.75 Å². The Morgan fingerprint density at radius 3 is 2.89 bits per heavy atom. The van der Waals surface area contributed by atoms with Gasteiger partial charge in [0.15, 0.2) is 0 Å². The van der Waals surface area contributed by atoms with Gasteiger partial charge in [-0.1, -0.05) is 18.2 Å². The molecule has 19 heavy (non-hydrogen) atoms. The number of hydrogen-bond donors (Lipinski definition) is 2. The number of H-pyrrole nitrogens is 1. The Kier molecular flexibility index (Phi) is 2.88. The van der Waals surface area contributed by atoms with E-state index in [0.29, 0.717) is 6.61 Å². The number of nitrogens with two attached hydrogens (primary N) is 1. The van der Waals surface area contributed by atoms with Crippen LogP contribution >= 0.6 is 0 Å². The monoisotopic (exact) mass is 252 g/mol. The van der Waals surface area contributed by atoms with E-state index >= 15 is 0 Å². The Labute approximate surface area is 112 Å². The normalized spacial score (nSPS) is 10.8. The Morgan fingerprint density at radius 2 is 2.05 bits per heavy atom. The molecular weight excluding hydrogens is 236 g/mol. The van der Waals surface area contributed by atoms with Crippen LogP contribution in [0.25, 0.3) is 10.9 Å². The Morgan fingerprint density at radius 1 is 1.16 bits per heavy atom. The van der Waals surface area contributed by atoms with Gasteiger partial charge in [-0.25, -0.2) is 0 Å². The van der Waals surface area contributed by atoms with Gasteiger partial charge in [-0.3, -0.25) is 0 Å². The average Bonchev–Trinajstić information content (AvgIpc) is 2.78. The highest BCUT2D eigenvalue weighted by molar-refractivity contribution is 5.85. The highest BCUT2D eigenvalue weighted by Gasteiger charge is 2.04. The summed E-state index contributed by atoms with van der Waals surface area (Å²) in [6, 6.07) is 13.9. The molecule has 0 fully saturated rings. The average molecular weight is 252 g/mol. The number of hydrogen-bond acceptors (Lipinski definition) is 2. The molecule has 0 spiro atoms. The molecule has 1 heterocycles. The topological polar surface area (TPSA) is 51.0 Å². The molecule has 0 aliphatic rings. The van der Waals surface area contributed by atoms with Gasteiger partial charge in [0.25, 0.3) is 0 Å². The summed E-state index contributed by atoms with van der Waals surface area (Å²) in [4.78, 5) is 3.22. The number of aromatic nitrogens is 1. The minimum absolute atomic E-state index is 0.549. The lowest BCUT2D eigenvalue weighted by molar-refractivity contribution is 0.307. The van der Waals surface area contributed by atoms with Gasteiger partial charge in [-0.05, 0) is 36.8 Å². The van der Waals surface area contributed by atoms with Gasteiger partial charge in [0.1, 0.15) is 12.4 Å². The third-order valence-corrected chi connectivity index (χ3v) is 3.18. The van der Waals surface area contributed by atoms with Gasteiger partial charge < -0.3 is 15.5 Å². The number of nitrogens with one attached hydrogen (secondary N) is 1. The van der Waals surface area contributed by atoms with E-state index < -0.39 is 0 Å². The van der Waals surface area contributed by atoms with E-state index in [4.69, 9.17) is 10.5 Å². The highest BCUT2D eigenvalue weighted by atomic mass is 16.5. The lowest BCUT2D eigenvalue weighted by Crippen LogP contribution is -1.94. The van der Waals surface area contributed by atoms with Crippen molar-refractivity contribution in [2.24, 2.45) is 0 Å². The predicted octanol–water partition coefficient (Wildman–Crippen LogP) is 3.64. The zero-order chi connectivity index (χ0) is 13.2. The first-order valence-electron chi connectivity index (χ1n) is 6.27.